The van der Waals surface area contributed by atoms with Gasteiger partial charge in [-0.2, -0.15) is 0 Å². The number of nitrogen functional groups attached to an aromatic ring is 1. The van der Waals surface area contributed by atoms with Crippen LogP contribution in [-0.4, -0.2) is 43.9 Å². The van der Waals surface area contributed by atoms with Crippen LogP contribution in [-0.2, 0) is 9.53 Å². The van der Waals surface area contributed by atoms with E-state index < -0.39 is 17.9 Å². The SMILES string of the molecule is COCCCC(NC(=O)c1cc(OC)ccc1N)C(=O)O. The van der Waals surface area contributed by atoms with Crippen molar-refractivity contribution in [1.82, 2.24) is 5.32 Å². The van der Waals surface area contributed by atoms with E-state index in [9.17, 15) is 9.59 Å². The minimum absolute atomic E-state index is 0.187. The van der Waals surface area contributed by atoms with Crippen molar-refractivity contribution in [2.24, 2.45) is 0 Å². The average Bonchev–Trinajstić information content (AvgIpc) is 2.46. The zero-order valence-corrected chi connectivity index (χ0v) is 12.1. The van der Waals surface area contributed by atoms with Gasteiger partial charge in [0.1, 0.15) is 11.8 Å². The van der Waals surface area contributed by atoms with Gasteiger partial charge in [-0.05, 0) is 31.0 Å². The maximum atomic E-state index is 12.1. The highest BCUT2D eigenvalue weighted by atomic mass is 16.5. The van der Waals surface area contributed by atoms with Gasteiger partial charge in [-0.1, -0.05) is 0 Å². The molecule has 0 fully saturated rings. The smallest absolute Gasteiger partial charge is 0.326 e. The fourth-order valence-corrected chi connectivity index (χ4v) is 1.78. The van der Waals surface area contributed by atoms with Crippen LogP contribution >= 0.6 is 0 Å². The molecule has 7 heteroatoms. The van der Waals surface area contributed by atoms with Crippen LogP contribution in [0.3, 0.4) is 0 Å². The first-order valence-corrected chi connectivity index (χ1v) is 6.45. The number of hydrogen-bond acceptors (Lipinski definition) is 5. The molecule has 1 amide bonds. The summed E-state index contributed by atoms with van der Waals surface area (Å²) in [4.78, 5) is 23.3. The number of methoxy groups -OCH3 is 2. The first kappa shape index (κ1) is 16.8. The Morgan fingerprint density at radius 3 is 2.67 bits per heavy atom. The van der Waals surface area contributed by atoms with E-state index in [0.717, 1.165) is 0 Å². The monoisotopic (exact) mass is 296 g/mol. The van der Waals surface area contributed by atoms with E-state index in [0.29, 0.717) is 18.8 Å². The first-order valence-electron chi connectivity index (χ1n) is 6.45. The molecule has 7 nitrogen and oxygen atoms in total. The molecule has 1 rings (SSSR count). The van der Waals surface area contributed by atoms with Gasteiger partial charge in [0, 0.05) is 19.4 Å². The highest BCUT2D eigenvalue weighted by Gasteiger charge is 2.21. The predicted molar refractivity (Wildman–Crippen MR) is 77.4 cm³/mol. The van der Waals surface area contributed by atoms with E-state index in [4.69, 9.17) is 20.3 Å². The van der Waals surface area contributed by atoms with Crippen molar-refractivity contribution < 1.29 is 24.2 Å². The summed E-state index contributed by atoms with van der Waals surface area (Å²) in [6, 6.07) is 3.64. The van der Waals surface area contributed by atoms with Gasteiger partial charge in [0.2, 0.25) is 0 Å². The van der Waals surface area contributed by atoms with Gasteiger partial charge in [0.15, 0.2) is 0 Å². The number of hydrogen-bond donors (Lipinski definition) is 3. The Morgan fingerprint density at radius 1 is 1.38 bits per heavy atom. The standard InChI is InChI=1S/C14H20N2O5/c1-20-7-3-4-12(14(18)19)16-13(17)10-8-9(21-2)5-6-11(10)15/h5-6,8,12H,3-4,7,15H2,1-2H3,(H,16,17)(H,18,19). The number of rotatable bonds is 8. The molecule has 0 saturated heterocycles. The highest BCUT2D eigenvalue weighted by Crippen LogP contribution is 2.19. The number of nitrogens with two attached hydrogens (primary N) is 1. The van der Waals surface area contributed by atoms with Gasteiger partial charge in [-0.3, -0.25) is 4.79 Å². The number of carbonyl (C=O) groups excluding carboxylic acids is 1. The van der Waals surface area contributed by atoms with Crippen LogP contribution in [0.2, 0.25) is 0 Å². The third-order valence-corrected chi connectivity index (χ3v) is 2.95. The van der Waals surface area contributed by atoms with Gasteiger partial charge in [-0.15, -0.1) is 0 Å². The molecule has 0 bridgehead atoms. The Morgan fingerprint density at radius 2 is 2.10 bits per heavy atom. The second kappa shape index (κ2) is 8.11. The summed E-state index contributed by atoms with van der Waals surface area (Å²) in [5.41, 5.74) is 6.18. The topological polar surface area (TPSA) is 111 Å². The summed E-state index contributed by atoms with van der Waals surface area (Å²) in [6.45, 7) is 0.431. The van der Waals surface area contributed by atoms with Crippen LogP contribution in [0.4, 0.5) is 5.69 Å². The van der Waals surface area contributed by atoms with Gasteiger partial charge in [-0.25, -0.2) is 4.79 Å². The van der Waals surface area contributed by atoms with Crippen molar-refractivity contribution >= 4 is 17.6 Å². The third-order valence-electron chi connectivity index (χ3n) is 2.95. The molecule has 116 valence electrons. The summed E-state index contributed by atoms with van der Waals surface area (Å²) < 4.78 is 9.89. The maximum Gasteiger partial charge on any atom is 0.326 e. The van der Waals surface area contributed by atoms with Crippen LogP contribution in [0.5, 0.6) is 5.75 Å². The van der Waals surface area contributed by atoms with E-state index in [1.54, 1.807) is 6.07 Å². The quantitative estimate of drug-likeness (QED) is 0.485. The number of carboxylic acid groups (broad SMARTS) is 1. The summed E-state index contributed by atoms with van der Waals surface area (Å²) >= 11 is 0. The molecule has 0 aliphatic rings. The number of carboxylic acids is 1. The maximum absolute atomic E-state index is 12.1. The fraction of sp³-hybridized carbons (Fsp3) is 0.429. The van der Waals surface area contributed by atoms with Gasteiger partial charge >= 0.3 is 5.97 Å². The minimum Gasteiger partial charge on any atom is -0.497 e. The zero-order valence-electron chi connectivity index (χ0n) is 12.1. The lowest BCUT2D eigenvalue weighted by atomic mass is 10.1. The Balaban J connectivity index is 2.79. The molecule has 1 aromatic rings. The minimum atomic E-state index is -1.10. The van der Waals surface area contributed by atoms with Crippen molar-refractivity contribution in [2.75, 3.05) is 26.6 Å². The molecule has 1 atom stereocenters. The lowest BCUT2D eigenvalue weighted by Crippen LogP contribution is -2.41. The molecule has 21 heavy (non-hydrogen) atoms. The van der Waals surface area contributed by atoms with Crippen molar-refractivity contribution in [2.45, 2.75) is 18.9 Å². The predicted octanol–water partition coefficient (Wildman–Crippen LogP) is 0.887. The van der Waals surface area contributed by atoms with Crippen LogP contribution in [0.15, 0.2) is 18.2 Å². The molecule has 1 aromatic carbocycles. The number of ether oxygens (including phenoxy) is 2. The molecule has 0 aliphatic heterocycles. The average molecular weight is 296 g/mol. The number of carbonyl (C=O) groups is 2. The Hall–Kier alpha value is -2.28. The van der Waals surface area contributed by atoms with Gasteiger partial charge < -0.3 is 25.6 Å². The number of anilines is 1. The Kier molecular flexibility index (Phi) is 6.48. The number of aliphatic carboxylic acids is 1. The molecule has 0 radical (unpaired) electrons. The summed E-state index contributed by atoms with van der Waals surface area (Å²) in [7, 11) is 3.00. The first-order chi connectivity index (χ1) is 9.99. The molecule has 0 heterocycles. The Bertz CT molecular complexity index is 504. The van der Waals surface area contributed by atoms with Crippen LogP contribution in [0.25, 0.3) is 0 Å². The zero-order chi connectivity index (χ0) is 15.8. The lowest BCUT2D eigenvalue weighted by Gasteiger charge is -2.15. The molecule has 0 aliphatic carbocycles. The van der Waals surface area contributed by atoms with Crippen molar-refractivity contribution in [3.63, 3.8) is 0 Å². The van der Waals surface area contributed by atoms with Gasteiger partial charge in [0.25, 0.3) is 5.91 Å². The second-order valence-corrected chi connectivity index (χ2v) is 4.45. The van der Waals surface area contributed by atoms with Gasteiger partial charge in [0.05, 0.1) is 12.7 Å². The second-order valence-electron chi connectivity index (χ2n) is 4.45. The molecule has 0 saturated carbocycles. The molecule has 0 spiro atoms. The number of amides is 1. The molecular formula is C14H20N2O5. The fourth-order valence-electron chi connectivity index (χ4n) is 1.78. The molecule has 1 unspecified atom stereocenters. The van der Waals surface area contributed by atoms with Crippen molar-refractivity contribution in [1.29, 1.82) is 0 Å². The van der Waals surface area contributed by atoms with Crippen LogP contribution in [0, 0.1) is 0 Å². The molecule has 0 aromatic heterocycles. The van der Waals surface area contributed by atoms with E-state index in [1.807, 2.05) is 0 Å². The van der Waals surface area contributed by atoms with E-state index in [2.05, 4.69) is 5.32 Å². The summed E-state index contributed by atoms with van der Waals surface area (Å²) in [5.74, 6) is -1.17. The summed E-state index contributed by atoms with van der Waals surface area (Å²) in [6.07, 6.45) is 0.806. The molecule has 4 N–H and O–H groups in total. The van der Waals surface area contributed by atoms with Crippen molar-refractivity contribution in [3.8, 4) is 5.75 Å². The number of benzene rings is 1. The third kappa shape index (κ3) is 4.96. The Labute approximate surface area is 123 Å². The summed E-state index contributed by atoms with van der Waals surface area (Å²) in [5, 5.41) is 11.6. The van der Waals surface area contributed by atoms with Crippen molar-refractivity contribution in [3.05, 3.63) is 23.8 Å². The van der Waals surface area contributed by atoms with E-state index >= 15 is 0 Å². The van der Waals surface area contributed by atoms with E-state index in [1.165, 1.54) is 26.4 Å². The van der Waals surface area contributed by atoms with E-state index in [-0.39, 0.29) is 17.7 Å². The highest BCUT2D eigenvalue weighted by molar-refractivity contribution is 6.01. The number of nitrogens with one attached hydrogen (secondary N) is 1. The molecular weight excluding hydrogens is 276 g/mol. The van der Waals surface area contributed by atoms with Crippen LogP contribution < -0.4 is 15.8 Å². The van der Waals surface area contributed by atoms with Crippen LogP contribution in [0.1, 0.15) is 23.2 Å². The lowest BCUT2D eigenvalue weighted by molar-refractivity contribution is -0.139. The largest absolute Gasteiger partial charge is 0.497 e. The normalized spacial score (nSPS) is 11.7.